The number of hydrogen-bond acceptors (Lipinski definition) is 6. The summed E-state index contributed by atoms with van der Waals surface area (Å²) in [5.41, 5.74) is -0.317. The summed E-state index contributed by atoms with van der Waals surface area (Å²) in [6.45, 7) is 1.51. The van der Waals surface area contributed by atoms with Crippen LogP contribution in [0.3, 0.4) is 0 Å². The molecule has 0 bridgehead atoms. The number of ether oxygens (including phenoxy) is 2. The van der Waals surface area contributed by atoms with Crippen LogP contribution in [0.5, 0.6) is 5.75 Å². The summed E-state index contributed by atoms with van der Waals surface area (Å²) in [6, 6.07) is 5.97. The molecule has 1 N–H and O–H groups in total. The Labute approximate surface area is 214 Å². The highest BCUT2D eigenvalue weighted by Crippen LogP contribution is 2.49. The Morgan fingerprint density at radius 2 is 1.81 bits per heavy atom. The molecule has 12 heteroatoms. The van der Waals surface area contributed by atoms with Gasteiger partial charge in [0.25, 0.3) is 0 Å². The summed E-state index contributed by atoms with van der Waals surface area (Å²) in [6.07, 6.45) is -2.18. The second-order valence-corrected chi connectivity index (χ2v) is 9.91. The fourth-order valence-electron chi connectivity index (χ4n) is 5.55. The molecule has 9 nitrogen and oxygen atoms in total. The summed E-state index contributed by atoms with van der Waals surface area (Å²) >= 11 is 0. The minimum atomic E-state index is -5.10. The number of carbonyl (C=O) groups is 3. The number of hydrogen-bond donors (Lipinski definition) is 1. The van der Waals surface area contributed by atoms with Gasteiger partial charge >= 0.3 is 24.1 Å². The van der Waals surface area contributed by atoms with E-state index in [0.717, 1.165) is 5.56 Å². The Hall–Kier alpha value is -2.86. The molecule has 3 rings (SSSR count). The first kappa shape index (κ1) is 28.7. The maximum Gasteiger partial charge on any atom is 0.491 e. The van der Waals surface area contributed by atoms with E-state index >= 15 is 0 Å². The number of methoxy groups -OCH3 is 1. The Bertz CT molecular complexity index is 992. The number of nitrogens with zero attached hydrogens (tertiary/aromatic N) is 3. The van der Waals surface area contributed by atoms with Gasteiger partial charge in [-0.15, -0.1) is 0 Å². The van der Waals surface area contributed by atoms with Crippen LogP contribution in [-0.2, 0) is 19.9 Å². The third-order valence-corrected chi connectivity index (χ3v) is 7.56. The molecule has 1 aliphatic heterocycles. The smallest absolute Gasteiger partial charge is 0.481 e. The highest BCUT2D eigenvalue weighted by atomic mass is 19.4. The number of urea groups is 1. The van der Waals surface area contributed by atoms with Gasteiger partial charge in [0.15, 0.2) is 0 Å². The number of amides is 2. The van der Waals surface area contributed by atoms with Crippen molar-refractivity contribution in [3.8, 4) is 5.75 Å². The molecule has 1 aromatic rings. The topological polar surface area (TPSA) is 99.6 Å². The van der Waals surface area contributed by atoms with Crippen LogP contribution in [0.1, 0.15) is 44.1 Å². The number of benzene rings is 1. The van der Waals surface area contributed by atoms with E-state index in [9.17, 15) is 27.6 Å². The van der Waals surface area contributed by atoms with E-state index in [4.69, 9.17) is 9.84 Å². The van der Waals surface area contributed by atoms with Crippen molar-refractivity contribution in [2.45, 2.75) is 55.8 Å². The van der Waals surface area contributed by atoms with Crippen LogP contribution in [0.2, 0.25) is 0 Å². The molecular weight excluding hydrogens is 495 g/mol. The van der Waals surface area contributed by atoms with Gasteiger partial charge in [-0.25, -0.2) is 9.59 Å². The summed E-state index contributed by atoms with van der Waals surface area (Å²) in [4.78, 5) is 41.2. The van der Waals surface area contributed by atoms with Crippen molar-refractivity contribution >= 4 is 18.0 Å². The number of esters is 1. The molecule has 206 valence electrons. The standard InChI is InChI=1S/C25H34F3N3O6/c1-29(2)24(18-6-4-7-19(16-18)37-21(34)25(26,27)28)11-9-23(10-12-24)17-30(14-8-20(32)33)22(35)31(23)13-5-15-36-3/h4,6-7,16H,5,8-15,17H2,1-3H3,(H,32,33). The van der Waals surface area contributed by atoms with Crippen molar-refractivity contribution < 1.29 is 42.1 Å². The van der Waals surface area contributed by atoms with Gasteiger partial charge in [0.05, 0.1) is 12.0 Å². The Morgan fingerprint density at radius 3 is 2.38 bits per heavy atom. The Morgan fingerprint density at radius 1 is 1.14 bits per heavy atom. The Balaban J connectivity index is 1.85. The predicted molar refractivity (Wildman–Crippen MR) is 127 cm³/mol. The van der Waals surface area contributed by atoms with E-state index in [1.165, 1.54) is 12.1 Å². The molecule has 2 aliphatic rings. The maximum atomic E-state index is 13.2. The maximum absolute atomic E-state index is 13.2. The summed E-state index contributed by atoms with van der Waals surface area (Å²) in [7, 11) is 5.37. The van der Waals surface area contributed by atoms with E-state index in [1.807, 2.05) is 23.9 Å². The average Bonchev–Trinajstić information content (AvgIpc) is 3.08. The van der Waals surface area contributed by atoms with Gasteiger partial charge in [0.2, 0.25) is 0 Å². The average molecular weight is 530 g/mol. The van der Waals surface area contributed by atoms with Crippen molar-refractivity contribution in [2.24, 2.45) is 0 Å². The zero-order chi connectivity index (χ0) is 27.4. The Kier molecular flexibility index (Phi) is 8.74. The van der Waals surface area contributed by atoms with Gasteiger partial charge in [-0.2, -0.15) is 13.2 Å². The second-order valence-electron chi connectivity index (χ2n) is 9.91. The molecule has 0 atom stereocenters. The number of halogens is 3. The van der Waals surface area contributed by atoms with Crippen LogP contribution in [0.4, 0.5) is 18.0 Å². The van der Waals surface area contributed by atoms with Gasteiger partial charge < -0.3 is 24.4 Å². The van der Waals surface area contributed by atoms with Crippen molar-refractivity contribution in [2.75, 3.05) is 47.4 Å². The first-order chi connectivity index (χ1) is 17.3. The monoisotopic (exact) mass is 529 g/mol. The number of rotatable bonds is 10. The SMILES string of the molecule is COCCCN1C(=O)N(CCC(=O)O)CC12CCC(c1cccc(OC(=O)C(F)(F)F)c1)(N(C)C)CC2. The van der Waals surface area contributed by atoms with Crippen LogP contribution < -0.4 is 4.74 Å². The molecule has 1 spiro atoms. The molecule has 2 fully saturated rings. The van der Waals surface area contributed by atoms with Crippen molar-refractivity contribution in [3.63, 3.8) is 0 Å². The molecule has 0 unspecified atom stereocenters. The largest absolute Gasteiger partial charge is 0.491 e. The second kappa shape index (κ2) is 11.3. The highest BCUT2D eigenvalue weighted by Gasteiger charge is 2.54. The number of carbonyl (C=O) groups excluding carboxylic acids is 2. The first-order valence-electron chi connectivity index (χ1n) is 12.2. The predicted octanol–water partition coefficient (Wildman–Crippen LogP) is 3.47. The zero-order valence-electron chi connectivity index (χ0n) is 21.3. The van der Waals surface area contributed by atoms with Crippen LogP contribution in [0, 0.1) is 0 Å². The normalized spacial score (nSPS) is 24.2. The highest BCUT2D eigenvalue weighted by molar-refractivity contribution is 5.79. The van der Waals surface area contributed by atoms with Crippen LogP contribution >= 0.6 is 0 Å². The van der Waals surface area contributed by atoms with Crippen molar-refractivity contribution in [1.82, 2.24) is 14.7 Å². The van der Waals surface area contributed by atoms with Gasteiger partial charge in [-0.05, 0) is 63.9 Å². The molecule has 1 saturated carbocycles. The zero-order valence-corrected chi connectivity index (χ0v) is 21.3. The van der Waals surface area contributed by atoms with Crippen LogP contribution in [-0.4, -0.2) is 96.9 Å². The molecule has 37 heavy (non-hydrogen) atoms. The third-order valence-electron chi connectivity index (χ3n) is 7.56. The minimum Gasteiger partial charge on any atom is -0.481 e. The summed E-state index contributed by atoms with van der Waals surface area (Å²) in [5.74, 6) is -3.43. The lowest BCUT2D eigenvalue weighted by molar-refractivity contribution is -0.189. The molecule has 1 heterocycles. The minimum absolute atomic E-state index is 0.127. The fraction of sp³-hybridized carbons (Fsp3) is 0.640. The van der Waals surface area contributed by atoms with Crippen molar-refractivity contribution in [3.05, 3.63) is 29.8 Å². The molecule has 1 aromatic carbocycles. The molecule has 0 radical (unpaired) electrons. The first-order valence-corrected chi connectivity index (χ1v) is 12.2. The number of carboxylic acids is 1. The summed E-state index contributed by atoms with van der Waals surface area (Å²) in [5, 5.41) is 9.11. The van der Waals surface area contributed by atoms with E-state index in [2.05, 4.69) is 4.74 Å². The molecular formula is C25H34F3N3O6. The van der Waals surface area contributed by atoms with E-state index in [0.29, 0.717) is 51.8 Å². The van der Waals surface area contributed by atoms with Crippen LogP contribution in [0.15, 0.2) is 24.3 Å². The lowest BCUT2D eigenvalue weighted by Crippen LogP contribution is -2.55. The van der Waals surface area contributed by atoms with Gasteiger partial charge in [-0.1, -0.05) is 12.1 Å². The molecule has 1 saturated heterocycles. The quantitative estimate of drug-likeness (QED) is 0.282. The molecule has 0 aromatic heterocycles. The van der Waals surface area contributed by atoms with E-state index in [-0.39, 0.29) is 24.7 Å². The summed E-state index contributed by atoms with van der Waals surface area (Å²) < 4.78 is 47.9. The lowest BCUT2D eigenvalue weighted by Gasteiger charge is -2.51. The van der Waals surface area contributed by atoms with E-state index < -0.39 is 29.2 Å². The van der Waals surface area contributed by atoms with Gasteiger partial charge in [0, 0.05) is 38.9 Å². The third kappa shape index (κ3) is 6.18. The van der Waals surface area contributed by atoms with Gasteiger partial charge in [0.1, 0.15) is 5.75 Å². The van der Waals surface area contributed by atoms with Crippen molar-refractivity contribution in [1.29, 1.82) is 0 Å². The van der Waals surface area contributed by atoms with Gasteiger partial charge in [-0.3, -0.25) is 9.69 Å². The molecule has 2 amide bonds. The van der Waals surface area contributed by atoms with Crippen LogP contribution in [0.25, 0.3) is 0 Å². The lowest BCUT2D eigenvalue weighted by atomic mass is 9.68. The number of aliphatic carboxylic acids is 1. The van der Waals surface area contributed by atoms with E-state index in [1.54, 1.807) is 24.1 Å². The fourth-order valence-corrected chi connectivity index (χ4v) is 5.55. The number of alkyl halides is 3. The molecule has 1 aliphatic carbocycles. The number of carboxylic acid groups (broad SMARTS) is 1.